The normalized spacial score (nSPS) is 13.0. The first-order valence-electron chi connectivity index (χ1n) is 7.57. The number of aromatic nitrogens is 1. The number of imide groups is 1. The number of hydrogen-bond acceptors (Lipinski definition) is 6. The van der Waals surface area contributed by atoms with Gasteiger partial charge < -0.3 is 4.84 Å². The van der Waals surface area contributed by atoms with E-state index in [0.717, 1.165) is 23.5 Å². The lowest BCUT2D eigenvalue weighted by Crippen LogP contribution is -2.32. The van der Waals surface area contributed by atoms with Gasteiger partial charge in [-0.3, -0.25) is 9.59 Å². The third kappa shape index (κ3) is 2.87. The van der Waals surface area contributed by atoms with Crippen molar-refractivity contribution in [1.29, 1.82) is 0 Å². The van der Waals surface area contributed by atoms with E-state index in [0.29, 0.717) is 5.06 Å². The van der Waals surface area contributed by atoms with E-state index in [4.69, 9.17) is 4.84 Å². The minimum absolute atomic E-state index is 0.00807. The largest absolute Gasteiger partial charge is 0.375 e. The molecule has 0 radical (unpaired) electrons. The van der Waals surface area contributed by atoms with Crippen LogP contribution in [0.4, 0.5) is 8.78 Å². The first-order valence-corrected chi connectivity index (χ1v) is 8.38. The molecule has 0 unspecified atom stereocenters. The van der Waals surface area contributed by atoms with Crippen LogP contribution in [0.2, 0.25) is 0 Å². The highest BCUT2D eigenvalue weighted by Crippen LogP contribution is 2.28. The molecule has 2 aromatic carbocycles. The number of benzene rings is 2. The van der Waals surface area contributed by atoms with Crippen molar-refractivity contribution in [2.75, 3.05) is 0 Å². The molecule has 6 nitrogen and oxygen atoms in total. The van der Waals surface area contributed by atoms with Crippen molar-refractivity contribution in [3.63, 3.8) is 0 Å². The number of hydrogen-bond donors (Lipinski definition) is 0. The van der Waals surface area contributed by atoms with E-state index >= 15 is 0 Å². The van der Waals surface area contributed by atoms with Crippen molar-refractivity contribution >= 4 is 29.1 Å². The highest BCUT2D eigenvalue weighted by molar-refractivity contribution is 7.16. The van der Waals surface area contributed by atoms with Crippen molar-refractivity contribution in [3.05, 3.63) is 76.3 Å². The average Bonchev–Trinajstić information content (AvgIpc) is 3.25. The van der Waals surface area contributed by atoms with Gasteiger partial charge in [-0.25, -0.2) is 18.6 Å². The summed E-state index contributed by atoms with van der Waals surface area (Å²) in [7, 11) is 0. The fourth-order valence-corrected chi connectivity index (χ4v) is 3.29. The Bertz CT molecular complexity index is 1080. The molecule has 0 fully saturated rings. The Balaban J connectivity index is 1.55. The molecule has 9 heteroatoms. The molecule has 4 rings (SSSR count). The van der Waals surface area contributed by atoms with Crippen LogP contribution in [0.15, 0.2) is 48.7 Å². The van der Waals surface area contributed by atoms with Gasteiger partial charge in [-0.1, -0.05) is 17.2 Å². The summed E-state index contributed by atoms with van der Waals surface area (Å²) < 4.78 is 26.4. The molecular weight excluding hydrogens is 378 g/mol. The van der Waals surface area contributed by atoms with E-state index < -0.39 is 29.4 Å². The quantitative estimate of drug-likeness (QED) is 0.645. The van der Waals surface area contributed by atoms with Crippen LogP contribution in [0, 0.1) is 11.6 Å². The number of nitrogens with zero attached hydrogens (tertiary/aromatic N) is 2. The number of carbonyl (C=O) groups is 3. The molecule has 27 heavy (non-hydrogen) atoms. The van der Waals surface area contributed by atoms with Crippen LogP contribution in [0.25, 0.3) is 10.6 Å². The molecule has 1 aliphatic heterocycles. The van der Waals surface area contributed by atoms with Crippen molar-refractivity contribution in [2.45, 2.75) is 0 Å². The zero-order valence-corrected chi connectivity index (χ0v) is 14.1. The predicted molar refractivity (Wildman–Crippen MR) is 89.8 cm³/mol. The lowest BCUT2D eigenvalue weighted by Gasteiger charge is -2.11. The van der Waals surface area contributed by atoms with Crippen LogP contribution >= 0.6 is 11.3 Å². The lowest BCUT2D eigenvalue weighted by molar-refractivity contribution is -0.0581. The van der Waals surface area contributed by atoms with Gasteiger partial charge in [0, 0.05) is 5.56 Å². The first-order chi connectivity index (χ1) is 13.0. The molecule has 0 saturated carbocycles. The Kier molecular flexibility index (Phi) is 4.00. The number of carbonyl (C=O) groups excluding carboxylic acids is 3. The Morgan fingerprint density at radius 3 is 2.30 bits per heavy atom. The summed E-state index contributed by atoms with van der Waals surface area (Å²) in [4.78, 5) is 45.6. The van der Waals surface area contributed by atoms with Gasteiger partial charge in [0.1, 0.15) is 9.88 Å². The van der Waals surface area contributed by atoms with E-state index in [1.807, 2.05) is 0 Å². The predicted octanol–water partition coefficient (Wildman–Crippen LogP) is 3.46. The summed E-state index contributed by atoms with van der Waals surface area (Å²) in [6.07, 6.45) is 1.17. The monoisotopic (exact) mass is 386 g/mol. The van der Waals surface area contributed by atoms with Crippen LogP contribution in [0.3, 0.4) is 0 Å². The molecule has 2 amide bonds. The van der Waals surface area contributed by atoms with Crippen LogP contribution < -0.4 is 0 Å². The summed E-state index contributed by atoms with van der Waals surface area (Å²) >= 11 is 0.854. The van der Waals surface area contributed by atoms with E-state index in [2.05, 4.69) is 4.98 Å². The highest BCUT2D eigenvalue weighted by Gasteiger charge is 2.39. The van der Waals surface area contributed by atoms with Gasteiger partial charge in [0.05, 0.1) is 17.3 Å². The standard InChI is InChI=1S/C18H8F2N2O4S/c19-12-6-5-9(7-13(12)20)15-21-8-14(27-15)18(25)26-22-16(23)10-3-1-2-4-11(10)17(22)24/h1-8H. The van der Waals surface area contributed by atoms with E-state index in [9.17, 15) is 23.2 Å². The van der Waals surface area contributed by atoms with Gasteiger partial charge >= 0.3 is 5.97 Å². The SMILES string of the molecule is O=C(ON1C(=O)c2ccccc2C1=O)c1cnc(-c2ccc(F)c(F)c2)s1. The molecule has 134 valence electrons. The van der Waals surface area contributed by atoms with E-state index in [1.165, 1.54) is 24.4 Å². The molecule has 0 spiro atoms. The average molecular weight is 386 g/mol. The molecule has 0 aliphatic carbocycles. The fourth-order valence-electron chi connectivity index (χ4n) is 2.51. The second-order valence-electron chi connectivity index (χ2n) is 5.49. The molecule has 2 heterocycles. The van der Waals surface area contributed by atoms with Crippen LogP contribution in [-0.2, 0) is 4.84 Å². The van der Waals surface area contributed by atoms with Gasteiger partial charge in [-0.05, 0) is 30.3 Å². The van der Waals surface area contributed by atoms with Crippen LogP contribution in [-0.4, -0.2) is 27.8 Å². The summed E-state index contributed by atoms with van der Waals surface area (Å²) in [5.41, 5.74) is 0.558. The zero-order chi connectivity index (χ0) is 19.1. The van der Waals surface area contributed by atoms with Gasteiger partial charge in [0.2, 0.25) is 0 Å². The number of fused-ring (bicyclic) bond motifs is 1. The smallest absolute Gasteiger partial charge is 0.323 e. The molecule has 0 N–H and O–H groups in total. The van der Waals surface area contributed by atoms with Gasteiger partial charge in [-0.15, -0.1) is 11.3 Å². The number of rotatable bonds is 3. The molecule has 0 saturated heterocycles. The van der Waals surface area contributed by atoms with Crippen molar-refractivity contribution in [2.24, 2.45) is 0 Å². The maximum Gasteiger partial charge on any atom is 0.375 e. The Morgan fingerprint density at radius 1 is 1.00 bits per heavy atom. The fraction of sp³-hybridized carbons (Fsp3) is 0. The topological polar surface area (TPSA) is 76.6 Å². The summed E-state index contributed by atoms with van der Waals surface area (Å²) in [5.74, 6) is -4.49. The minimum Gasteiger partial charge on any atom is -0.323 e. The second kappa shape index (κ2) is 6.36. The number of amides is 2. The Hall–Kier alpha value is -3.46. The van der Waals surface area contributed by atoms with Crippen molar-refractivity contribution in [3.8, 4) is 10.6 Å². The van der Waals surface area contributed by atoms with Gasteiger partial charge in [0.25, 0.3) is 11.8 Å². The molecular formula is C18H8F2N2O4S. The maximum atomic E-state index is 13.3. The third-order valence-corrected chi connectivity index (χ3v) is 4.83. The van der Waals surface area contributed by atoms with Gasteiger partial charge in [-0.2, -0.15) is 0 Å². The molecule has 0 bridgehead atoms. The minimum atomic E-state index is -1.04. The van der Waals surface area contributed by atoms with Gasteiger partial charge in [0.15, 0.2) is 11.6 Å². The number of thiazole rings is 1. The number of hydroxylamine groups is 2. The van der Waals surface area contributed by atoms with E-state index in [1.54, 1.807) is 12.1 Å². The molecule has 0 atom stereocenters. The number of halogens is 2. The zero-order valence-electron chi connectivity index (χ0n) is 13.3. The summed E-state index contributed by atoms with van der Waals surface area (Å²) in [5, 5.41) is 0.646. The highest BCUT2D eigenvalue weighted by atomic mass is 32.1. The maximum absolute atomic E-state index is 13.3. The molecule has 1 aliphatic rings. The first kappa shape index (κ1) is 17.0. The lowest BCUT2D eigenvalue weighted by atomic mass is 10.1. The van der Waals surface area contributed by atoms with Crippen LogP contribution in [0.1, 0.15) is 30.4 Å². The summed E-state index contributed by atoms with van der Waals surface area (Å²) in [6.45, 7) is 0. The summed E-state index contributed by atoms with van der Waals surface area (Å²) in [6, 6.07) is 9.31. The van der Waals surface area contributed by atoms with Crippen molar-refractivity contribution < 1.29 is 28.0 Å². The van der Waals surface area contributed by atoms with Crippen LogP contribution in [0.5, 0.6) is 0 Å². The van der Waals surface area contributed by atoms with Crippen molar-refractivity contribution in [1.82, 2.24) is 10.0 Å². The second-order valence-corrected chi connectivity index (χ2v) is 6.52. The Morgan fingerprint density at radius 2 is 1.67 bits per heavy atom. The third-order valence-electron chi connectivity index (χ3n) is 3.80. The molecule has 1 aromatic heterocycles. The molecule has 3 aromatic rings. The van der Waals surface area contributed by atoms with E-state index in [-0.39, 0.29) is 26.6 Å². The Labute approximate surface area is 154 Å².